The van der Waals surface area contributed by atoms with Crippen molar-refractivity contribution in [3.05, 3.63) is 28.8 Å². The summed E-state index contributed by atoms with van der Waals surface area (Å²) in [5.74, 6) is 0.358. The SMILES string of the molecule is CN1CCC(CNS(=O)(=O)c2ccc(CN)cc2Cl)C1. The van der Waals surface area contributed by atoms with Crippen molar-refractivity contribution >= 4 is 21.6 Å². The number of hydrogen-bond donors (Lipinski definition) is 2. The number of nitrogens with two attached hydrogens (primary N) is 1. The van der Waals surface area contributed by atoms with Crippen molar-refractivity contribution in [3.8, 4) is 0 Å². The number of benzene rings is 1. The van der Waals surface area contributed by atoms with Crippen LogP contribution in [0, 0.1) is 5.92 Å². The highest BCUT2D eigenvalue weighted by molar-refractivity contribution is 7.89. The number of hydrogen-bond acceptors (Lipinski definition) is 4. The third kappa shape index (κ3) is 3.71. The molecule has 2 rings (SSSR count). The standard InChI is InChI=1S/C13H20ClN3O2S/c1-17-5-4-11(9-17)8-16-20(18,19)13-3-2-10(7-15)6-12(13)14/h2-3,6,11,16H,4-5,7-9,15H2,1H3. The topological polar surface area (TPSA) is 75.4 Å². The smallest absolute Gasteiger partial charge is 0.242 e. The molecule has 0 radical (unpaired) electrons. The molecule has 0 saturated carbocycles. The predicted octanol–water partition coefficient (Wildman–Crippen LogP) is 1.03. The second kappa shape index (κ2) is 6.41. The van der Waals surface area contributed by atoms with Crippen molar-refractivity contribution < 1.29 is 8.42 Å². The summed E-state index contributed by atoms with van der Waals surface area (Å²) in [5, 5.41) is 0.212. The van der Waals surface area contributed by atoms with Crippen molar-refractivity contribution in [2.75, 3.05) is 26.7 Å². The van der Waals surface area contributed by atoms with E-state index in [1.54, 1.807) is 12.1 Å². The maximum atomic E-state index is 12.3. The Labute approximate surface area is 125 Å². The summed E-state index contributed by atoms with van der Waals surface area (Å²) < 4.78 is 27.1. The Hall–Kier alpha value is -0.660. The van der Waals surface area contributed by atoms with Crippen LogP contribution in [0.5, 0.6) is 0 Å². The lowest BCUT2D eigenvalue weighted by molar-refractivity contribution is 0.394. The molecule has 1 aliphatic heterocycles. The average Bonchev–Trinajstić information content (AvgIpc) is 2.82. The van der Waals surface area contributed by atoms with E-state index >= 15 is 0 Å². The lowest BCUT2D eigenvalue weighted by atomic mass is 10.1. The van der Waals surface area contributed by atoms with E-state index in [4.69, 9.17) is 17.3 Å². The first-order valence-electron chi connectivity index (χ1n) is 6.59. The van der Waals surface area contributed by atoms with Crippen LogP contribution in [0.1, 0.15) is 12.0 Å². The first-order valence-corrected chi connectivity index (χ1v) is 8.45. The minimum Gasteiger partial charge on any atom is -0.326 e. The molecule has 20 heavy (non-hydrogen) atoms. The van der Waals surface area contributed by atoms with E-state index in [0.717, 1.165) is 25.1 Å². The van der Waals surface area contributed by atoms with Crippen LogP contribution in [-0.2, 0) is 16.6 Å². The van der Waals surface area contributed by atoms with E-state index in [1.165, 1.54) is 6.07 Å². The van der Waals surface area contributed by atoms with Gasteiger partial charge in [-0.05, 0) is 43.6 Å². The molecule has 0 aliphatic carbocycles. The van der Waals surface area contributed by atoms with Gasteiger partial charge < -0.3 is 10.6 Å². The maximum absolute atomic E-state index is 12.3. The number of nitrogens with one attached hydrogen (secondary N) is 1. The Morgan fingerprint density at radius 1 is 1.50 bits per heavy atom. The van der Waals surface area contributed by atoms with Gasteiger partial charge in [0.1, 0.15) is 4.90 Å². The van der Waals surface area contributed by atoms with Crippen LogP contribution >= 0.6 is 11.6 Å². The molecule has 1 aromatic rings. The molecule has 1 atom stereocenters. The summed E-state index contributed by atoms with van der Waals surface area (Å²) in [6, 6.07) is 4.79. The van der Waals surface area contributed by atoms with Crippen LogP contribution in [0.4, 0.5) is 0 Å². The Morgan fingerprint density at radius 2 is 2.25 bits per heavy atom. The highest BCUT2D eigenvalue weighted by Gasteiger charge is 2.23. The van der Waals surface area contributed by atoms with Gasteiger partial charge in [0.05, 0.1) is 5.02 Å². The molecule has 0 amide bonds. The molecule has 7 heteroatoms. The molecule has 0 spiro atoms. The molecule has 112 valence electrons. The fourth-order valence-electron chi connectivity index (χ4n) is 2.39. The molecule has 3 N–H and O–H groups in total. The maximum Gasteiger partial charge on any atom is 0.242 e. The van der Waals surface area contributed by atoms with E-state index in [2.05, 4.69) is 9.62 Å². The number of nitrogens with zero attached hydrogens (tertiary/aromatic N) is 1. The monoisotopic (exact) mass is 317 g/mol. The molecule has 1 aromatic carbocycles. The summed E-state index contributed by atoms with van der Waals surface area (Å²) >= 11 is 6.03. The van der Waals surface area contributed by atoms with Crippen molar-refractivity contribution in [1.82, 2.24) is 9.62 Å². The highest BCUT2D eigenvalue weighted by Crippen LogP contribution is 2.23. The van der Waals surface area contributed by atoms with Gasteiger partial charge in [0.25, 0.3) is 0 Å². The van der Waals surface area contributed by atoms with Crippen LogP contribution in [0.2, 0.25) is 5.02 Å². The zero-order valence-electron chi connectivity index (χ0n) is 11.5. The van der Waals surface area contributed by atoms with Crippen LogP contribution in [0.3, 0.4) is 0 Å². The molecule has 1 fully saturated rings. The molecule has 1 aliphatic rings. The van der Waals surface area contributed by atoms with Crippen molar-refractivity contribution in [2.45, 2.75) is 17.9 Å². The van der Waals surface area contributed by atoms with Crippen molar-refractivity contribution in [2.24, 2.45) is 11.7 Å². The Bertz CT molecular complexity index is 577. The zero-order valence-corrected chi connectivity index (χ0v) is 13.0. The fourth-order valence-corrected chi connectivity index (χ4v) is 4.07. The van der Waals surface area contributed by atoms with Gasteiger partial charge in [-0.1, -0.05) is 17.7 Å². The first-order chi connectivity index (χ1) is 9.42. The van der Waals surface area contributed by atoms with Gasteiger partial charge in [0.2, 0.25) is 10.0 Å². The normalized spacial score (nSPS) is 20.4. The number of halogens is 1. The van der Waals surface area contributed by atoms with Crippen LogP contribution in [0.25, 0.3) is 0 Å². The fraction of sp³-hybridized carbons (Fsp3) is 0.538. The molecule has 1 heterocycles. The molecular formula is C13H20ClN3O2S. The summed E-state index contributed by atoms with van der Waals surface area (Å²) in [7, 11) is -1.52. The second-order valence-corrected chi connectivity index (χ2v) is 7.38. The van der Waals surface area contributed by atoms with Crippen molar-refractivity contribution in [3.63, 3.8) is 0 Å². The van der Waals surface area contributed by atoms with E-state index in [1.807, 2.05) is 7.05 Å². The predicted molar refractivity (Wildman–Crippen MR) is 80.1 cm³/mol. The molecule has 1 saturated heterocycles. The van der Waals surface area contributed by atoms with Gasteiger partial charge in [-0.25, -0.2) is 13.1 Å². The lowest BCUT2D eigenvalue weighted by Gasteiger charge is -2.13. The van der Waals surface area contributed by atoms with Gasteiger partial charge >= 0.3 is 0 Å². The van der Waals surface area contributed by atoms with E-state index in [0.29, 0.717) is 19.0 Å². The molecule has 1 unspecified atom stereocenters. The highest BCUT2D eigenvalue weighted by atomic mass is 35.5. The van der Waals surface area contributed by atoms with E-state index in [9.17, 15) is 8.42 Å². The van der Waals surface area contributed by atoms with Gasteiger partial charge in [-0.15, -0.1) is 0 Å². The van der Waals surface area contributed by atoms with Crippen LogP contribution < -0.4 is 10.5 Å². The van der Waals surface area contributed by atoms with E-state index in [-0.39, 0.29) is 9.92 Å². The first kappa shape index (κ1) is 15.7. The van der Waals surface area contributed by atoms with Gasteiger partial charge in [-0.3, -0.25) is 0 Å². The summed E-state index contributed by atoms with van der Waals surface area (Å²) in [5.41, 5.74) is 6.32. The largest absolute Gasteiger partial charge is 0.326 e. The Balaban J connectivity index is 2.06. The minimum atomic E-state index is -3.56. The number of likely N-dealkylation sites (tertiary alicyclic amines) is 1. The summed E-state index contributed by atoms with van der Waals surface area (Å²) in [4.78, 5) is 2.31. The number of sulfonamides is 1. The van der Waals surface area contributed by atoms with Gasteiger partial charge in [0, 0.05) is 19.6 Å². The second-order valence-electron chi connectivity index (χ2n) is 5.24. The third-order valence-corrected chi connectivity index (χ3v) is 5.48. The zero-order chi connectivity index (χ0) is 14.8. The summed E-state index contributed by atoms with van der Waals surface area (Å²) in [6.45, 7) is 2.71. The van der Waals surface area contributed by atoms with Crippen molar-refractivity contribution in [1.29, 1.82) is 0 Å². The van der Waals surface area contributed by atoms with E-state index < -0.39 is 10.0 Å². The van der Waals surface area contributed by atoms with Gasteiger partial charge in [-0.2, -0.15) is 0 Å². The number of rotatable bonds is 5. The Morgan fingerprint density at radius 3 is 2.80 bits per heavy atom. The van der Waals surface area contributed by atoms with Crippen LogP contribution in [-0.4, -0.2) is 40.0 Å². The lowest BCUT2D eigenvalue weighted by Crippen LogP contribution is -2.30. The molecule has 0 aromatic heterocycles. The Kier molecular flexibility index (Phi) is 5.04. The quantitative estimate of drug-likeness (QED) is 0.850. The molecule has 5 nitrogen and oxygen atoms in total. The molecule has 0 bridgehead atoms. The minimum absolute atomic E-state index is 0.114. The molecular weight excluding hydrogens is 298 g/mol. The van der Waals surface area contributed by atoms with Gasteiger partial charge in [0.15, 0.2) is 0 Å². The van der Waals surface area contributed by atoms with Crippen LogP contribution in [0.15, 0.2) is 23.1 Å². The average molecular weight is 318 g/mol. The summed E-state index contributed by atoms with van der Waals surface area (Å²) in [6.07, 6.45) is 1.01. The third-order valence-electron chi connectivity index (χ3n) is 3.57.